The second kappa shape index (κ2) is 10.0. The lowest BCUT2D eigenvalue weighted by Crippen LogP contribution is -2.44. The minimum absolute atomic E-state index is 0.0421. The number of carbonyl (C=O) groups is 2. The van der Waals surface area contributed by atoms with Crippen LogP contribution in [0.2, 0.25) is 0 Å². The first-order chi connectivity index (χ1) is 15.5. The molecule has 1 aliphatic rings. The number of carbonyl (C=O) groups excluding carboxylic acids is 2. The minimum Gasteiger partial charge on any atom is -0.353 e. The third-order valence-corrected chi connectivity index (χ3v) is 6.81. The highest BCUT2D eigenvalue weighted by Crippen LogP contribution is 2.27. The van der Waals surface area contributed by atoms with Crippen molar-refractivity contribution >= 4 is 22.7 Å². The zero-order chi connectivity index (χ0) is 22.5. The van der Waals surface area contributed by atoms with Crippen molar-refractivity contribution in [2.75, 3.05) is 13.1 Å². The number of hydrogen-bond donors (Lipinski definition) is 2. The van der Waals surface area contributed by atoms with Gasteiger partial charge in [-0.15, -0.1) is 0 Å². The molecule has 2 heterocycles. The zero-order valence-electron chi connectivity index (χ0n) is 19.0. The molecule has 0 unspecified atom stereocenters. The van der Waals surface area contributed by atoms with Gasteiger partial charge in [0.2, 0.25) is 5.91 Å². The topological polar surface area (TPSA) is 65.2 Å². The second-order valence-corrected chi connectivity index (χ2v) is 9.12. The Kier molecular flexibility index (Phi) is 6.93. The number of aryl methyl sites for hydroxylation is 1. The Hall–Kier alpha value is -3.08. The van der Waals surface area contributed by atoms with E-state index >= 15 is 0 Å². The molecule has 0 saturated carbocycles. The fraction of sp³-hybridized carbons (Fsp3) is 0.407. The average Bonchev–Trinajstić information content (AvgIpc) is 3.27. The van der Waals surface area contributed by atoms with Crippen LogP contribution >= 0.6 is 0 Å². The van der Waals surface area contributed by atoms with Crippen LogP contribution in [0.4, 0.5) is 0 Å². The summed E-state index contributed by atoms with van der Waals surface area (Å²) in [5.74, 6) is 0.444. The average molecular weight is 432 g/mol. The van der Waals surface area contributed by atoms with E-state index in [1.54, 1.807) is 0 Å². The fourth-order valence-corrected chi connectivity index (χ4v) is 4.65. The summed E-state index contributed by atoms with van der Waals surface area (Å²) in [5, 5.41) is 4.25. The van der Waals surface area contributed by atoms with E-state index < -0.39 is 0 Å². The maximum Gasteiger partial charge on any atom is 0.270 e. The Morgan fingerprint density at radius 1 is 1.03 bits per heavy atom. The van der Waals surface area contributed by atoms with Crippen molar-refractivity contribution < 1.29 is 9.59 Å². The molecule has 2 N–H and O–H groups in total. The monoisotopic (exact) mass is 431 g/mol. The number of amides is 2. The number of aromatic amines is 1. The quantitative estimate of drug-likeness (QED) is 0.565. The number of hydrogen-bond acceptors (Lipinski definition) is 2. The molecular weight excluding hydrogens is 398 g/mol. The molecule has 2 aromatic carbocycles. The lowest BCUT2D eigenvalue weighted by molar-refractivity contribution is -0.127. The second-order valence-electron chi connectivity index (χ2n) is 9.12. The SMILES string of the molecule is C[C@@H](CCc1ccccc1)NC(=O)[C@H](C)C1CCN(C(=O)c2cc3ccccc3[nH]2)CC1. The van der Waals surface area contributed by atoms with Crippen molar-refractivity contribution in [2.45, 2.75) is 45.6 Å². The summed E-state index contributed by atoms with van der Waals surface area (Å²) in [4.78, 5) is 30.9. The van der Waals surface area contributed by atoms with E-state index in [9.17, 15) is 9.59 Å². The van der Waals surface area contributed by atoms with Gasteiger partial charge in [0.15, 0.2) is 0 Å². The van der Waals surface area contributed by atoms with Crippen molar-refractivity contribution in [2.24, 2.45) is 11.8 Å². The van der Waals surface area contributed by atoms with Gasteiger partial charge in [-0.1, -0.05) is 55.5 Å². The van der Waals surface area contributed by atoms with Crippen LogP contribution in [-0.2, 0) is 11.2 Å². The molecule has 5 nitrogen and oxygen atoms in total. The molecule has 1 aliphatic heterocycles. The summed E-state index contributed by atoms with van der Waals surface area (Å²) in [6, 6.07) is 20.4. The van der Waals surface area contributed by atoms with E-state index in [1.165, 1.54) is 5.56 Å². The van der Waals surface area contributed by atoms with Gasteiger partial charge in [-0.3, -0.25) is 9.59 Å². The molecule has 1 aromatic heterocycles. The van der Waals surface area contributed by atoms with E-state index in [-0.39, 0.29) is 23.8 Å². The highest BCUT2D eigenvalue weighted by molar-refractivity contribution is 5.98. The maximum atomic E-state index is 12.9. The molecule has 168 valence electrons. The molecule has 2 amide bonds. The number of likely N-dealkylation sites (tertiary alicyclic amines) is 1. The predicted molar refractivity (Wildman–Crippen MR) is 128 cm³/mol. The summed E-state index contributed by atoms with van der Waals surface area (Å²) in [6.07, 6.45) is 3.61. The van der Waals surface area contributed by atoms with Crippen LogP contribution in [0.15, 0.2) is 60.7 Å². The van der Waals surface area contributed by atoms with E-state index in [0.29, 0.717) is 24.7 Å². The third kappa shape index (κ3) is 5.21. The van der Waals surface area contributed by atoms with Gasteiger partial charge >= 0.3 is 0 Å². The molecule has 0 radical (unpaired) electrons. The van der Waals surface area contributed by atoms with Gasteiger partial charge in [0.1, 0.15) is 5.69 Å². The molecule has 0 spiro atoms. The molecule has 3 aromatic rings. The number of fused-ring (bicyclic) bond motifs is 1. The fourth-order valence-electron chi connectivity index (χ4n) is 4.65. The van der Waals surface area contributed by atoms with Crippen LogP contribution in [0.3, 0.4) is 0 Å². The third-order valence-electron chi connectivity index (χ3n) is 6.81. The summed E-state index contributed by atoms with van der Waals surface area (Å²) < 4.78 is 0. The first-order valence-corrected chi connectivity index (χ1v) is 11.7. The Labute approximate surface area is 190 Å². The summed E-state index contributed by atoms with van der Waals surface area (Å²) in [5.41, 5.74) is 2.92. The largest absolute Gasteiger partial charge is 0.353 e. The maximum absolute atomic E-state index is 12.9. The number of para-hydroxylation sites is 1. The van der Waals surface area contributed by atoms with E-state index in [0.717, 1.165) is 36.6 Å². The molecule has 32 heavy (non-hydrogen) atoms. The number of piperidine rings is 1. The van der Waals surface area contributed by atoms with Gasteiger partial charge in [-0.2, -0.15) is 0 Å². The van der Waals surface area contributed by atoms with Gasteiger partial charge < -0.3 is 15.2 Å². The van der Waals surface area contributed by atoms with Crippen molar-refractivity contribution in [1.29, 1.82) is 0 Å². The highest BCUT2D eigenvalue weighted by Gasteiger charge is 2.31. The first kappa shape index (κ1) is 22.1. The van der Waals surface area contributed by atoms with Gasteiger partial charge in [0.05, 0.1) is 0 Å². The molecule has 0 aliphatic carbocycles. The standard InChI is InChI=1S/C27H33N3O2/c1-19(12-13-21-8-4-3-5-9-21)28-26(31)20(2)22-14-16-30(17-15-22)27(32)25-18-23-10-6-7-11-24(23)29-25/h3-11,18-20,22,29H,12-17H2,1-2H3,(H,28,31)/t19-,20+/m0/s1. The molecule has 1 fully saturated rings. The van der Waals surface area contributed by atoms with Crippen LogP contribution < -0.4 is 5.32 Å². The van der Waals surface area contributed by atoms with Gasteiger partial charge in [0.25, 0.3) is 5.91 Å². The molecular formula is C27H33N3O2. The first-order valence-electron chi connectivity index (χ1n) is 11.7. The number of benzene rings is 2. The van der Waals surface area contributed by atoms with Gasteiger partial charge in [-0.25, -0.2) is 0 Å². The predicted octanol–water partition coefficient (Wildman–Crippen LogP) is 4.79. The van der Waals surface area contributed by atoms with Crippen molar-refractivity contribution in [3.05, 3.63) is 71.9 Å². The molecule has 2 atom stereocenters. The Bertz CT molecular complexity index is 1020. The Morgan fingerprint density at radius 3 is 2.44 bits per heavy atom. The van der Waals surface area contributed by atoms with E-state index in [4.69, 9.17) is 0 Å². The number of H-pyrrole nitrogens is 1. The lowest BCUT2D eigenvalue weighted by Gasteiger charge is -2.34. The van der Waals surface area contributed by atoms with Crippen LogP contribution in [0.25, 0.3) is 10.9 Å². The number of rotatable bonds is 7. The minimum atomic E-state index is -0.0421. The van der Waals surface area contributed by atoms with Crippen LogP contribution in [0.5, 0.6) is 0 Å². The number of aromatic nitrogens is 1. The summed E-state index contributed by atoms with van der Waals surface area (Å²) in [6.45, 7) is 5.49. The van der Waals surface area contributed by atoms with Crippen molar-refractivity contribution in [3.63, 3.8) is 0 Å². The molecule has 1 saturated heterocycles. The molecule has 5 heteroatoms. The molecule has 0 bridgehead atoms. The lowest BCUT2D eigenvalue weighted by atomic mass is 9.84. The Morgan fingerprint density at radius 2 is 1.72 bits per heavy atom. The number of nitrogens with one attached hydrogen (secondary N) is 2. The van der Waals surface area contributed by atoms with Crippen molar-refractivity contribution in [3.8, 4) is 0 Å². The van der Waals surface area contributed by atoms with Gasteiger partial charge in [0, 0.05) is 36.0 Å². The highest BCUT2D eigenvalue weighted by atomic mass is 16.2. The van der Waals surface area contributed by atoms with Crippen molar-refractivity contribution in [1.82, 2.24) is 15.2 Å². The zero-order valence-corrected chi connectivity index (χ0v) is 19.0. The Balaban J connectivity index is 1.24. The summed E-state index contributed by atoms with van der Waals surface area (Å²) in [7, 11) is 0. The normalized spacial score (nSPS) is 16.6. The summed E-state index contributed by atoms with van der Waals surface area (Å²) >= 11 is 0. The molecule has 4 rings (SSSR count). The van der Waals surface area contributed by atoms with Crippen LogP contribution in [0.1, 0.15) is 49.2 Å². The van der Waals surface area contributed by atoms with Gasteiger partial charge in [-0.05, 0) is 56.2 Å². The van der Waals surface area contributed by atoms with E-state index in [1.807, 2.05) is 48.2 Å². The smallest absolute Gasteiger partial charge is 0.270 e. The van der Waals surface area contributed by atoms with Crippen LogP contribution in [0, 0.1) is 11.8 Å². The number of nitrogens with zero attached hydrogens (tertiary/aromatic N) is 1. The van der Waals surface area contributed by atoms with E-state index in [2.05, 4.69) is 41.5 Å². The van der Waals surface area contributed by atoms with Crippen LogP contribution in [-0.4, -0.2) is 40.8 Å².